The first-order valence-corrected chi connectivity index (χ1v) is 12.3. The fraction of sp³-hybridized carbons (Fsp3) is 0.360. The minimum Gasteiger partial charge on any atom is -0.495 e. The van der Waals surface area contributed by atoms with Crippen molar-refractivity contribution in [2.45, 2.75) is 45.3 Å². The first kappa shape index (κ1) is 21.4. The van der Waals surface area contributed by atoms with Crippen molar-refractivity contribution < 1.29 is 4.74 Å². The average Bonchev–Trinajstić information content (AvgIpc) is 3.45. The van der Waals surface area contributed by atoms with Crippen LogP contribution in [0.25, 0.3) is 5.69 Å². The third kappa shape index (κ3) is 3.41. The Kier molecular flexibility index (Phi) is 5.68. The third-order valence-electron chi connectivity index (χ3n) is 6.50. The van der Waals surface area contributed by atoms with Crippen LogP contribution in [-0.4, -0.2) is 38.5 Å². The SMILES string of the molecule is CC[C@@H]1CSC2=N[C@H](c3ccccn3)[C@H](c3cc(C)n(-c4cc(Cl)ccc4OC)c3C)N21. The summed E-state index contributed by atoms with van der Waals surface area (Å²) in [6, 6.07) is 14.7. The minimum atomic E-state index is -0.0248. The molecule has 5 nitrogen and oxygen atoms in total. The van der Waals surface area contributed by atoms with Crippen molar-refractivity contribution >= 4 is 28.5 Å². The van der Waals surface area contributed by atoms with Crippen LogP contribution in [0, 0.1) is 13.8 Å². The van der Waals surface area contributed by atoms with Gasteiger partial charge in [0.15, 0.2) is 5.17 Å². The zero-order valence-electron chi connectivity index (χ0n) is 18.7. The number of aliphatic imine (C=N–C) groups is 1. The molecule has 0 N–H and O–H groups in total. The molecule has 1 aromatic carbocycles. The average molecular weight is 467 g/mol. The first-order chi connectivity index (χ1) is 15.5. The van der Waals surface area contributed by atoms with Gasteiger partial charge in [-0.25, -0.2) is 0 Å². The minimum absolute atomic E-state index is 0.0248. The second-order valence-corrected chi connectivity index (χ2v) is 9.74. The highest BCUT2D eigenvalue weighted by Gasteiger charge is 2.46. The van der Waals surface area contributed by atoms with Gasteiger partial charge in [-0.3, -0.25) is 9.98 Å². The number of methoxy groups -OCH3 is 1. The van der Waals surface area contributed by atoms with Gasteiger partial charge in [0.25, 0.3) is 0 Å². The lowest BCUT2D eigenvalue weighted by atomic mass is 9.95. The van der Waals surface area contributed by atoms with Gasteiger partial charge in [0.05, 0.1) is 24.5 Å². The number of aromatic nitrogens is 2. The number of nitrogens with zero attached hydrogens (tertiary/aromatic N) is 4. The Hall–Kier alpha value is -2.44. The van der Waals surface area contributed by atoms with Gasteiger partial charge < -0.3 is 14.2 Å². The van der Waals surface area contributed by atoms with E-state index in [0.29, 0.717) is 11.1 Å². The van der Waals surface area contributed by atoms with Gasteiger partial charge in [0.1, 0.15) is 11.8 Å². The van der Waals surface area contributed by atoms with E-state index in [2.05, 4.69) is 47.4 Å². The van der Waals surface area contributed by atoms with E-state index in [0.717, 1.165) is 40.2 Å². The summed E-state index contributed by atoms with van der Waals surface area (Å²) in [6.07, 6.45) is 2.96. The van der Waals surface area contributed by atoms with Gasteiger partial charge in [-0.15, -0.1) is 0 Å². The lowest BCUT2D eigenvalue weighted by Gasteiger charge is -2.32. The predicted molar refractivity (Wildman–Crippen MR) is 132 cm³/mol. The van der Waals surface area contributed by atoms with Crippen LogP contribution in [0.2, 0.25) is 5.02 Å². The second kappa shape index (κ2) is 8.49. The number of amidine groups is 1. The van der Waals surface area contributed by atoms with Crippen LogP contribution in [0.3, 0.4) is 0 Å². The summed E-state index contributed by atoms with van der Waals surface area (Å²) in [5, 5.41) is 1.83. The van der Waals surface area contributed by atoms with Gasteiger partial charge in [0, 0.05) is 34.4 Å². The number of benzene rings is 1. The lowest BCUT2D eigenvalue weighted by Crippen LogP contribution is -2.35. The second-order valence-electron chi connectivity index (χ2n) is 8.31. The van der Waals surface area contributed by atoms with Crippen molar-refractivity contribution in [3.8, 4) is 11.4 Å². The molecule has 166 valence electrons. The summed E-state index contributed by atoms with van der Waals surface area (Å²) < 4.78 is 7.92. The Bertz CT molecular complexity index is 1180. The zero-order valence-corrected chi connectivity index (χ0v) is 20.3. The zero-order chi connectivity index (χ0) is 22.4. The van der Waals surface area contributed by atoms with E-state index in [1.165, 1.54) is 11.3 Å². The molecule has 4 heterocycles. The van der Waals surface area contributed by atoms with Gasteiger partial charge >= 0.3 is 0 Å². The molecule has 1 fully saturated rings. The Morgan fingerprint density at radius 1 is 1.19 bits per heavy atom. The Labute approximate surface area is 198 Å². The summed E-state index contributed by atoms with van der Waals surface area (Å²) in [4.78, 5) is 12.4. The highest BCUT2D eigenvalue weighted by Crippen LogP contribution is 2.50. The van der Waals surface area contributed by atoms with Crippen LogP contribution in [0.5, 0.6) is 5.75 Å². The molecule has 3 aromatic rings. The monoisotopic (exact) mass is 466 g/mol. The van der Waals surface area contributed by atoms with Crippen LogP contribution < -0.4 is 4.74 Å². The maximum absolute atomic E-state index is 6.37. The molecule has 0 bridgehead atoms. The number of hydrogen-bond donors (Lipinski definition) is 0. The molecule has 2 aliphatic rings. The number of fused-ring (bicyclic) bond motifs is 1. The molecule has 2 aromatic heterocycles. The summed E-state index contributed by atoms with van der Waals surface area (Å²) in [5.74, 6) is 1.89. The Morgan fingerprint density at radius 2 is 2.03 bits per heavy atom. The van der Waals surface area contributed by atoms with E-state index in [4.69, 9.17) is 21.3 Å². The van der Waals surface area contributed by atoms with Crippen LogP contribution in [-0.2, 0) is 0 Å². The molecular weight excluding hydrogens is 440 g/mol. The topological polar surface area (TPSA) is 42.6 Å². The molecule has 0 unspecified atom stereocenters. The maximum Gasteiger partial charge on any atom is 0.160 e. The fourth-order valence-corrected chi connectivity index (χ4v) is 6.49. The van der Waals surface area contributed by atoms with Gasteiger partial charge in [-0.2, -0.15) is 0 Å². The van der Waals surface area contributed by atoms with Crippen molar-refractivity contribution in [2.75, 3.05) is 12.9 Å². The Balaban J connectivity index is 1.66. The van der Waals surface area contributed by atoms with Crippen LogP contribution in [0.15, 0.2) is 53.7 Å². The summed E-state index contributed by atoms with van der Waals surface area (Å²) in [5.41, 5.74) is 5.57. The molecule has 32 heavy (non-hydrogen) atoms. The van der Waals surface area contributed by atoms with E-state index in [1.54, 1.807) is 7.11 Å². The number of thioether (sulfide) groups is 1. The van der Waals surface area contributed by atoms with Crippen LogP contribution >= 0.6 is 23.4 Å². The van der Waals surface area contributed by atoms with E-state index < -0.39 is 0 Å². The highest BCUT2D eigenvalue weighted by molar-refractivity contribution is 8.14. The maximum atomic E-state index is 6.37. The molecular formula is C25H27ClN4OS. The highest BCUT2D eigenvalue weighted by atomic mass is 35.5. The largest absolute Gasteiger partial charge is 0.495 e. The quantitative estimate of drug-likeness (QED) is 0.453. The third-order valence-corrected chi connectivity index (χ3v) is 7.86. The summed E-state index contributed by atoms with van der Waals surface area (Å²) in [6.45, 7) is 6.58. The van der Waals surface area contributed by atoms with Crippen LogP contribution in [0.4, 0.5) is 0 Å². The molecule has 0 spiro atoms. The predicted octanol–water partition coefficient (Wildman–Crippen LogP) is 6.13. The molecule has 0 aliphatic carbocycles. The number of hydrogen-bond acceptors (Lipinski definition) is 5. The summed E-state index contributed by atoms with van der Waals surface area (Å²) >= 11 is 8.24. The van der Waals surface area contributed by atoms with Crippen molar-refractivity contribution in [3.05, 3.63) is 76.3 Å². The van der Waals surface area contributed by atoms with Crippen molar-refractivity contribution in [1.82, 2.24) is 14.5 Å². The smallest absolute Gasteiger partial charge is 0.160 e. The molecule has 3 atom stereocenters. The van der Waals surface area contributed by atoms with Crippen LogP contribution in [0.1, 0.15) is 48.1 Å². The van der Waals surface area contributed by atoms with E-state index in [9.17, 15) is 0 Å². The molecule has 0 saturated carbocycles. The van der Waals surface area contributed by atoms with Crippen molar-refractivity contribution in [3.63, 3.8) is 0 Å². The Morgan fingerprint density at radius 3 is 2.75 bits per heavy atom. The van der Waals surface area contributed by atoms with E-state index in [-0.39, 0.29) is 12.1 Å². The number of halogens is 1. The number of aryl methyl sites for hydroxylation is 1. The van der Waals surface area contributed by atoms with Gasteiger partial charge in [-0.1, -0.05) is 36.4 Å². The molecule has 0 amide bonds. The standard InChI is InChI=1S/C25H27ClN4OS/c1-5-18-14-32-25-28-23(20-8-6-7-11-27-20)24(30(18)25)19-12-15(2)29(16(19)3)21-13-17(26)9-10-22(21)31-4/h6-13,18,23-24H,5,14H2,1-4H3/t18-,23-,24+/m1/s1. The molecule has 5 rings (SSSR count). The van der Waals surface area contributed by atoms with Gasteiger partial charge in [0.2, 0.25) is 0 Å². The van der Waals surface area contributed by atoms with E-state index in [1.807, 2.05) is 48.3 Å². The fourth-order valence-electron chi connectivity index (χ4n) is 4.98. The lowest BCUT2D eigenvalue weighted by molar-refractivity contribution is 0.254. The number of pyridine rings is 1. The normalized spacial score (nSPS) is 22.2. The van der Waals surface area contributed by atoms with Gasteiger partial charge in [-0.05, 0) is 62.2 Å². The van der Waals surface area contributed by atoms with Crippen molar-refractivity contribution in [1.29, 1.82) is 0 Å². The van der Waals surface area contributed by atoms with Crippen molar-refractivity contribution in [2.24, 2.45) is 4.99 Å². The molecule has 1 saturated heterocycles. The number of ether oxygens (including phenoxy) is 1. The molecule has 7 heteroatoms. The first-order valence-electron chi connectivity index (χ1n) is 11.0. The molecule has 2 aliphatic heterocycles. The molecule has 0 radical (unpaired) electrons. The number of rotatable bonds is 5. The van der Waals surface area contributed by atoms with E-state index >= 15 is 0 Å². The summed E-state index contributed by atoms with van der Waals surface area (Å²) in [7, 11) is 1.70.